The smallest absolute Gasteiger partial charge is 0.256 e. The number of carbonyl (C=O) groups is 1. The quantitative estimate of drug-likeness (QED) is 0.855. The van der Waals surface area contributed by atoms with E-state index in [0.29, 0.717) is 29.8 Å². The number of anilines is 1. The first kappa shape index (κ1) is 18.3. The molecule has 2 rings (SSSR count). The van der Waals surface area contributed by atoms with Crippen molar-refractivity contribution in [2.45, 2.75) is 64.1 Å². The second-order valence-corrected chi connectivity index (χ2v) is 6.37. The number of nitrogens with one attached hydrogen (secondary N) is 1. The number of nitriles is 1. The van der Waals surface area contributed by atoms with E-state index in [9.17, 15) is 10.1 Å². The van der Waals surface area contributed by atoms with Crippen LogP contribution in [0.1, 0.15) is 57.9 Å². The second-order valence-electron chi connectivity index (χ2n) is 6.37. The minimum Gasteiger partial charge on any atom is -0.491 e. The van der Waals surface area contributed by atoms with Crippen molar-refractivity contribution < 1.29 is 14.3 Å². The molecule has 24 heavy (non-hydrogen) atoms. The number of rotatable bonds is 6. The summed E-state index contributed by atoms with van der Waals surface area (Å²) < 4.78 is 11.3. The third kappa shape index (κ3) is 4.07. The van der Waals surface area contributed by atoms with Crippen LogP contribution in [0.5, 0.6) is 5.75 Å². The van der Waals surface area contributed by atoms with Gasteiger partial charge in [0, 0.05) is 13.2 Å². The predicted octanol–water partition coefficient (Wildman–Crippen LogP) is 4.02. The van der Waals surface area contributed by atoms with E-state index in [-0.39, 0.29) is 12.0 Å². The van der Waals surface area contributed by atoms with Crippen LogP contribution in [-0.4, -0.2) is 24.7 Å². The minimum atomic E-state index is -0.781. The Labute approximate surface area is 144 Å². The van der Waals surface area contributed by atoms with E-state index >= 15 is 0 Å². The summed E-state index contributed by atoms with van der Waals surface area (Å²) in [5, 5.41) is 12.3. The van der Waals surface area contributed by atoms with E-state index in [1.165, 1.54) is 0 Å². The molecule has 1 aromatic rings. The van der Waals surface area contributed by atoms with Crippen LogP contribution in [0, 0.1) is 11.3 Å². The maximum Gasteiger partial charge on any atom is 0.256 e. The summed E-state index contributed by atoms with van der Waals surface area (Å²) >= 11 is 0. The van der Waals surface area contributed by atoms with Crippen molar-refractivity contribution in [1.82, 2.24) is 0 Å². The minimum absolute atomic E-state index is 0.0796. The fourth-order valence-electron chi connectivity index (χ4n) is 3.00. The van der Waals surface area contributed by atoms with E-state index in [4.69, 9.17) is 9.47 Å². The molecule has 1 atom stereocenters. The van der Waals surface area contributed by atoms with Gasteiger partial charge in [-0.3, -0.25) is 4.79 Å². The van der Waals surface area contributed by atoms with Gasteiger partial charge in [0.1, 0.15) is 17.4 Å². The molecule has 130 valence electrons. The number of ether oxygens (including phenoxy) is 2. The van der Waals surface area contributed by atoms with Gasteiger partial charge in [-0.05, 0) is 38.3 Å². The third-order valence-corrected chi connectivity index (χ3v) is 4.74. The fraction of sp³-hybridized carbons (Fsp3) is 0.579. The molecule has 5 heteroatoms. The van der Waals surface area contributed by atoms with Crippen LogP contribution in [0.15, 0.2) is 18.2 Å². The van der Waals surface area contributed by atoms with Crippen LogP contribution in [0.4, 0.5) is 5.69 Å². The van der Waals surface area contributed by atoms with Crippen molar-refractivity contribution in [3.63, 3.8) is 0 Å². The highest BCUT2D eigenvalue weighted by Crippen LogP contribution is 2.33. The summed E-state index contributed by atoms with van der Waals surface area (Å²) in [7, 11) is 1.58. The lowest BCUT2D eigenvalue weighted by molar-refractivity contribution is -0.141. The van der Waals surface area contributed by atoms with Crippen LogP contribution in [-0.2, 0) is 9.53 Å². The van der Waals surface area contributed by atoms with Crippen molar-refractivity contribution in [2.24, 2.45) is 0 Å². The number of hydrogen-bond donors (Lipinski definition) is 1. The van der Waals surface area contributed by atoms with Gasteiger partial charge in [-0.15, -0.1) is 0 Å². The summed E-state index contributed by atoms with van der Waals surface area (Å²) in [6.45, 7) is 4.02. The Balaban J connectivity index is 2.16. The molecule has 1 unspecified atom stereocenters. The lowest BCUT2D eigenvalue weighted by atomic mass is 9.84. The SMILES string of the molecule is CCC(C)Oc1ccc(NC(=O)C2(OC)CCCCC2)c(C#N)c1. The summed E-state index contributed by atoms with van der Waals surface area (Å²) in [6, 6.07) is 7.30. The topological polar surface area (TPSA) is 71.3 Å². The van der Waals surface area contributed by atoms with Crippen LogP contribution in [0.3, 0.4) is 0 Å². The highest BCUT2D eigenvalue weighted by molar-refractivity contribution is 5.98. The fourth-order valence-corrected chi connectivity index (χ4v) is 3.00. The van der Waals surface area contributed by atoms with Crippen molar-refractivity contribution >= 4 is 11.6 Å². The third-order valence-electron chi connectivity index (χ3n) is 4.74. The van der Waals surface area contributed by atoms with Crippen molar-refractivity contribution in [3.8, 4) is 11.8 Å². The Hall–Kier alpha value is -2.06. The van der Waals surface area contributed by atoms with Gasteiger partial charge in [0.05, 0.1) is 17.4 Å². The van der Waals surface area contributed by atoms with E-state index < -0.39 is 5.60 Å². The highest BCUT2D eigenvalue weighted by Gasteiger charge is 2.39. The van der Waals surface area contributed by atoms with Gasteiger partial charge >= 0.3 is 0 Å². The van der Waals surface area contributed by atoms with Gasteiger partial charge in [-0.1, -0.05) is 26.2 Å². The average molecular weight is 330 g/mol. The van der Waals surface area contributed by atoms with Gasteiger partial charge in [0.25, 0.3) is 5.91 Å². The zero-order valence-electron chi connectivity index (χ0n) is 14.7. The van der Waals surface area contributed by atoms with Crippen LogP contribution >= 0.6 is 0 Å². The number of amides is 1. The van der Waals surface area contributed by atoms with Crippen LogP contribution in [0.25, 0.3) is 0 Å². The molecule has 0 heterocycles. The van der Waals surface area contributed by atoms with Gasteiger partial charge in [-0.2, -0.15) is 5.26 Å². The van der Waals surface area contributed by atoms with Crippen LogP contribution < -0.4 is 10.1 Å². The normalized spacial score (nSPS) is 17.6. The maximum absolute atomic E-state index is 12.7. The Morgan fingerprint density at radius 2 is 2.08 bits per heavy atom. The summed E-state index contributed by atoms with van der Waals surface area (Å²) in [6.07, 6.45) is 5.48. The zero-order valence-corrected chi connectivity index (χ0v) is 14.7. The van der Waals surface area contributed by atoms with Gasteiger partial charge in [0.15, 0.2) is 0 Å². The zero-order chi connectivity index (χ0) is 17.6. The standard InChI is InChI=1S/C19H26N2O3/c1-4-14(2)24-16-8-9-17(15(12-16)13-20)21-18(22)19(23-3)10-6-5-7-11-19/h8-9,12,14H,4-7,10-11H2,1-3H3,(H,21,22). The largest absolute Gasteiger partial charge is 0.491 e. The molecule has 0 saturated heterocycles. The number of carbonyl (C=O) groups excluding carboxylic acids is 1. The van der Waals surface area contributed by atoms with Crippen molar-refractivity contribution in [3.05, 3.63) is 23.8 Å². The van der Waals surface area contributed by atoms with Gasteiger partial charge in [-0.25, -0.2) is 0 Å². The van der Waals surface area contributed by atoms with E-state index in [0.717, 1.165) is 25.7 Å². The molecular weight excluding hydrogens is 304 g/mol. The number of nitrogens with zero attached hydrogens (tertiary/aromatic N) is 1. The Kier molecular flexibility index (Phi) is 6.22. The Morgan fingerprint density at radius 3 is 2.67 bits per heavy atom. The monoisotopic (exact) mass is 330 g/mol. The molecule has 0 aromatic heterocycles. The van der Waals surface area contributed by atoms with Crippen molar-refractivity contribution in [2.75, 3.05) is 12.4 Å². The molecule has 0 bridgehead atoms. The molecule has 0 aliphatic heterocycles. The Morgan fingerprint density at radius 1 is 1.38 bits per heavy atom. The molecule has 1 aliphatic rings. The van der Waals surface area contributed by atoms with Crippen LogP contribution in [0.2, 0.25) is 0 Å². The first-order valence-corrected chi connectivity index (χ1v) is 8.62. The number of hydrogen-bond acceptors (Lipinski definition) is 4. The predicted molar refractivity (Wildman–Crippen MR) is 93.0 cm³/mol. The van der Waals surface area contributed by atoms with E-state index in [1.54, 1.807) is 25.3 Å². The van der Waals surface area contributed by atoms with Crippen molar-refractivity contribution in [1.29, 1.82) is 5.26 Å². The molecule has 1 aliphatic carbocycles. The highest BCUT2D eigenvalue weighted by atomic mass is 16.5. The first-order chi connectivity index (χ1) is 11.5. The van der Waals surface area contributed by atoms with E-state index in [1.807, 2.05) is 13.8 Å². The average Bonchev–Trinajstić information content (AvgIpc) is 2.63. The van der Waals surface area contributed by atoms with E-state index in [2.05, 4.69) is 11.4 Å². The van der Waals surface area contributed by atoms with Gasteiger partial charge in [0.2, 0.25) is 0 Å². The molecule has 0 spiro atoms. The second kappa shape index (κ2) is 8.16. The molecule has 1 N–H and O–H groups in total. The molecular formula is C19H26N2O3. The molecule has 0 radical (unpaired) electrons. The summed E-state index contributed by atoms with van der Waals surface area (Å²) in [5.74, 6) is 0.467. The summed E-state index contributed by atoms with van der Waals surface area (Å²) in [4.78, 5) is 12.7. The lowest BCUT2D eigenvalue weighted by Gasteiger charge is -2.34. The lowest BCUT2D eigenvalue weighted by Crippen LogP contribution is -2.46. The number of methoxy groups -OCH3 is 1. The Bertz CT molecular complexity index is 616. The maximum atomic E-state index is 12.7. The molecule has 1 saturated carbocycles. The summed E-state index contributed by atoms with van der Waals surface area (Å²) in [5.41, 5.74) is 0.115. The molecule has 1 aromatic carbocycles. The van der Waals surface area contributed by atoms with Gasteiger partial charge < -0.3 is 14.8 Å². The molecule has 5 nitrogen and oxygen atoms in total. The first-order valence-electron chi connectivity index (χ1n) is 8.62. The molecule has 1 amide bonds. The molecule has 1 fully saturated rings. The number of benzene rings is 1.